The summed E-state index contributed by atoms with van der Waals surface area (Å²) >= 11 is 1.57. The van der Waals surface area contributed by atoms with Crippen molar-refractivity contribution in [3.8, 4) is 27.3 Å². The number of ether oxygens (including phenoxy) is 1. The predicted molar refractivity (Wildman–Crippen MR) is 230 cm³/mol. The molecule has 0 unspecified atom stereocenters. The number of halogens is 2. The second-order valence-corrected chi connectivity index (χ2v) is 17.5. The number of aliphatic hydroxyl groups is 1. The Morgan fingerprint density at radius 3 is 2.34 bits per heavy atom. The average molecular weight is 847 g/mol. The number of fused-ring (bicyclic) bond motifs is 1. The van der Waals surface area contributed by atoms with Crippen LogP contribution >= 0.6 is 11.3 Å². The number of nitrogens with one attached hydrogen (secondary N) is 1. The molecule has 0 spiro atoms. The lowest BCUT2D eigenvalue weighted by atomic mass is 9.76. The summed E-state index contributed by atoms with van der Waals surface area (Å²) in [6.45, 7) is 8.20. The van der Waals surface area contributed by atoms with Gasteiger partial charge >= 0.3 is 0 Å². The number of β-amino-alcohol motifs (C(OH)–C–C–N with tert-alkyl or cyclic N) is 1. The van der Waals surface area contributed by atoms with Crippen LogP contribution in [-0.4, -0.2) is 68.7 Å². The summed E-state index contributed by atoms with van der Waals surface area (Å²) in [5.74, 6) is -3.45. The number of aliphatic hydroxyl groups excluding tert-OH is 1. The van der Waals surface area contributed by atoms with Gasteiger partial charge in [-0.3, -0.25) is 24.2 Å². The number of carbonyl (C=O) groups is 4. The maximum atomic E-state index is 14.4. The summed E-state index contributed by atoms with van der Waals surface area (Å²) in [5.41, 5.74) is 6.44. The molecule has 61 heavy (non-hydrogen) atoms. The highest BCUT2D eigenvalue weighted by molar-refractivity contribution is 7.13. The van der Waals surface area contributed by atoms with Crippen LogP contribution < -0.4 is 10.1 Å². The minimum atomic E-state index is -0.916. The maximum absolute atomic E-state index is 14.4. The Morgan fingerprint density at radius 1 is 0.967 bits per heavy atom. The van der Waals surface area contributed by atoms with Crippen LogP contribution in [0.4, 0.5) is 8.78 Å². The molecule has 0 saturated carbocycles. The molecule has 2 aliphatic rings. The third-order valence-corrected chi connectivity index (χ3v) is 12.3. The van der Waals surface area contributed by atoms with Crippen LogP contribution in [0.2, 0.25) is 0 Å². The van der Waals surface area contributed by atoms with Gasteiger partial charge in [0.05, 0.1) is 40.0 Å². The lowest BCUT2D eigenvalue weighted by Gasteiger charge is -2.34. The Morgan fingerprint density at radius 2 is 1.67 bits per heavy atom. The number of nitrogens with zero attached hydrogens (tertiary/aromatic N) is 3. The first kappa shape index (κ1) is 43.2. The van der Waals surface area contributed by atoms with E-state index in [1.165, 1.54) is 11.0 Å². The molecule has 3 heterocycles. The van der Waals surface area contributed by atoms with Gasteiger partial charge in [-0.2, -0.15) is 0 Å². The predicted octanol–water partition coefficient (Wildman–Crippen LogP) is 8.34. The molecule has 0 radical (unpaired) electrons. The molecule has 13 heteroatoms. The van der Waals surface area contributed by atoms with Gasteiger partial charge in [-0.05, 0) is 65.8 Å². The molecule has 2 amide bonds. The molecule has 1 aliphatic heterocycles. The zero-order valence-corrected chi connectivity index (χ0v) is 35.4. The van der Waals surface area contributed by atoms with Crippen molar-refractivity contribution in [3.05, 3.63) is 130 Å². The second kappa shape index (κ2) is 18.4. The summed E-state index contributed by atoms with van der Waals surface area (Å²) in [5, 5.41) is 13.5. The van der Waals surface area contributed by atoms with Crippen molar-refractivity contribution < 1.29 is 37.8 Å². The highest BCUT2D eigenvalue weighted by atomic mass is 32.1. The first-order chi connectivity index (χ1) is 29.2. The number of amides is 2. The van der Waals surface area contributed by atoms with Crippen LogP contribution in [0.15, 0.2) is 90.6 Å². The van der Waals surface area contributed by atoms with E-state index < -0.39 is 46.5 Å². The number of benzene rings is 3. The largest absolute Gasteiger partial charge is 0.494 e. The van der Waals surface area contributed by atoms with Crippen molar-refractivity contribution in [2.45, 2.75) is 78.5 Å². The number of hydrogen-bond acceptors (Lipinski definition) is 9. The molecule has 1 aliphatic carbocycles. The van der Waals surface area contributed by atoms with E-state index in [2.05, 4.69) is 15.3 Å². The van der Waals surface area contributed by atoms with Crippen molar-refractivity contribution in [2.24, 2.45) is 11.3 Å². The number of thiazole rings is 1. The summed E-state index contributed by atoms with van der Waals surface area (Å²) in [6.07, 6.45) is 3.58. The molecular formula is C48H48F2N4O6S. The molecule has 3 aromatic carbocycles. The molecule has 1 saturated heterocycles. The number of aromatic nitrogens is 2. The molecular weight excluding hydrogens is 799 g/mol. The molecule has 7 rings (SSSR count). The Bertz CT molecular complexity index is 2460. The lowest BCUT2D eigenvalue weighted by molar-refractivity contribution is -0.146. The highest BCUT2D eigenvalue weighted by Gasteiger charge is 2.44. The summed E-state index contributed by atoms with van der Waals surface area (Å²) in [7, 11) is 0. The Hall–Kier alpha value is -5.92. The van der Waals surface area contributed by atoms with Crippen LogP contribution in [0.25, 0.3) is 27.1 Å². The fraction of sp³-hybridized carbons (Fsp3) is 0.333. The summed E-state index contributed by atoms with van der Waals surface area (Å²) in [4.78, 5) is 65.4. The van der Waals surface area contributed by atoms with Crippen LogP contribution in [-0.2, 0) is 27.3 Å². The Kier molecular flexibility index (Phi) is 13.0. The third-order valence-electron chi connectivity index (χ3n) is 11.3. The fourth-order valence-electron chi connectivity index (χ4n) is 7.88. The van der Waals surface area contributed by atoms with Crippen LogP contribution in [0.3, 0.4) is 0 Å². The first-order valence-corrected chi connectivity index (χ1v) is 21.2. The van der Waals surface area contributed by atoms with E-state index >= 15 is 0 Å². The molecule has 5 aromatic rings. The van der Waals surface area contributed by atoms with Gasteiger partial charge in [0.15, 0.2) is 5.78 Å². The molecule has 0 bridgehead atoms. The molecule has 2 aromatic heterocycles. The first-order valence-electron chi connectivity index (χ1n) is 20.4. The number of hydrogen-bond donors (Lipinski definition) is 2. The van der Waals surface area contributed by atoms with Gasteiger partial charge in [0.2, 0.25) is 11.8 Å². The standard InChI is InChI=1S/C48H48F2N4O6S/c1-28-45(61-27-53-28)31-12-10-29(11-13-31)24-52-46(58)42-23-34(56)26-54(42)47(59)38(48(2,3)4)22-33(55)7-6-20-60-35-16-14-30(15-17-35)32-21-37-36(18-19-41(37)51-25-32)44(57)43-39(49)8-5-9-40(43)50/h5,8-18,21,25,27,34,38,42,56H,6-7,19-20,22-24,26H2,1-4H3,(H,52,58)/t34-,38-,42+/m1/s1. The second-order valence-electron chi connectivity index (χ2n) is 16.7. The van der Waals surface area contributed by atoms with E-state index in [9.17, 15) is 33.1 Å². The number of likely N-dealkylation sites (tertiary alicyclic amines) is 1. The molecule has 3 atom stereocenters. The SMILES string of the molecule is Cc1ncsc1-c1ccc(CNC(=O)[C@@H]2C[C@@H](O)CN2C(=O)[C@@H](CC(=O)CCCOc2ccc(-c3cnc4c(c3)C(C(=O)c3c(F)cccc3F)=CC4)cc2)C(C)(C)C)cc1. The third kappa shape index (κ3) is 9.84. The summed E-state index contributed by atoms with van der Waals surface area (Å²) < 4.78 is 34.8. The minimum Gasteiger partial charge on any atom is -0.494 e. The van der Waals surface area contributed by atoms with E-state index in [4.69, 9.17) is 4.74 Å². The number of ketones is 2. The molecule has 10 nitrogen and oxygen atoms in total. The summed E-state index contributed by atoms with van der Waals surface area (Å²) in [6, 6.07) is 19.4. The average Bonchev–Trinajstić information content (AvgIpc) is 3.98. The minimum absolute atomic E-state index is 0.00388. The number of aryl methyl sites for hydroxylation is 1. The quantitative estimate of drug-likeness (QED) is 0.0793. The van der Waals surface area contributed by atoms with E-state index in [1.54, 1.807) is 41.8 Å². The number of Topliss-reactive ketones (excluding diaryl/α,β-unsaturated/α-hetero) is 2. The normalized spacial score (nSPS) is 16.5. The zero-order chi connectivity index (χ0) is 43.4. The number of rotatable bonds is 15. The molecule has 2 N–H and O–H groups in total. The van der Waals surface area contributed by atoms with Crippen molar-refractivity contribution in [2.75, 3.05) is 13.2 Å². The van der Waals surface area contributed by atoms with Gasteiger partial charge in [-0.1, -0.05) is 69.3 Å². The van der Waals surface area contributed by atoms with Crippen molar-refractivity contribution in [1.82, 2.24) is 20.2 Å². The van der Waals surface area contributed by atoms with Crippen LogP contribution in [0, 0.1) is 29.9 Å². The lowest BCUT2D eigenvalue weighted by Crippen LogP contribution is -2.50. The van der Waals surface area contributed by atoms with E-state index in [1.807, 2.05) is 69.6 Å². The van der Waals surface area contributed by atoms with E-state index in [0.29, 0.717) is 35.4 Å². The van der Waals surface area contributed by atoms with Crippen molar-refractivity contribution >= 4 is 40.3 Å². The van der Waals surface area contributed by atoms with Gasteiger partial charge in [-0.25, -0.2) is 13.8 Å². The van der Waals surface area contributed by atoms with Crippen LogP contribution in [0.1, 0.15) is 79.3 Å². The van der Waals surface area contributed by atoms with Gasteiger partial charge < -0.3 is 20.1 Å². The molecule has 316 valence electrons. The molecule has 1 fully saturated rings. The van der Waals surface area contributed by atoms with Gasteiger partial charge in [-0.15, -0.1) is 11.3 Å². The highest BCUT2D eigenvalue weighted by Crippen LogP contribution is 2.36. The van der Waals surface area contributed by atoms with E-state index in [0.717, 1.165) is 39.4 Å². The Labute approximate surface area is 357 Å². The van der Waals surface area contributed by atoms with Crippen molar-refractivity contribution in [1.29, 1.82) is 0 Å². The van der Waals surface area contributed by atoms with E-state index in [-0.39, 0.29) is 62.1 Å². The number of pyridine rings is 1. The zero-order valence-electron chi connectivity index (χ0n) is 34.5. The Balaban J connectivity index is 0.900. The smallest absolute Gasteiger partial charge is 0.243 e. The van der Waals surface area contributed by atoms with Crippen molar-refractivity contribution in [3.63, 3.8) is 0 Å². The van der Waals surface area contributed by atoms with Gasteiger partial charge in [0.1, 0.15) is 29.2 Å². The number of carbonyl (C=O) groups excluding carboxylic acids is 4. The van der Waals surface area contributed by atoms with Crippen LogP contribution in [0.5, 0.6) is 5.75 Å². The van der Waals surface area contributed by atoms with Gasteiger partial charge in [0, 0.05) is 67.6 Å². The topological polar surface area (TPSA) is 139 Å². The maximum Gasteiger partial charge on any atom is 0.243 e. The number of allylic oxidation sites excluding steroid dienone is 2. The van der Waals surface area contributed by atoms with Gasteiger partial charge in [0.25, 0.3) is 0 Å². The monoisotopic (exact) mass is 846 g/mol. The fourth-order valence-corrected chi connectivity index (χ4v) is 8.69.